The predicted octanol–water partition coefficient (Wildman–Crippen LogP) is 2.64. The first kappa shape index (κ1) is 16.8. The van der Waals surface area contributed by atoms with Crippen LogP contribution < -0.4 is 16.4 Å². The number of carbonyl (C=O) groups excluding carboxylic acids is 1. The molecule has 0 saturated carbocycles. The van der Waals surface area contributed by atoms with Crippen LogP contribution in [0.1, 0.15) is 25.3 Å². The topological polar surface area (TPSA) is 102 Å². The van der Waals surface area contributed by atoms with Crippen molar-refractivity contribution in [3.63, 3.8) is 0 Å². The van der Waals surface area contributed by atoms with Gasteiger partial charge in [-0.05, 0) is 30.5 Å². The van der Waals surface area contributed by atoms with Crippen molar-refractivity contribution in [2.45, 2.75) is 26.8 Å². The third-order valence-corrected chi connectivity index (χ3v) is 3.70. The van der Waals surface area contributed by atoms with Gasteiger partial charge >= 0.3 is 11.8 Å². The van der Waals surface area contributed by atoms with Gasteiger partial charge in [0.2, 0.25) is 0 Å². The first-order valence-electron chi connectivity index (χ1n) is 8.01. The molecule has 1 aromatic carbocycles. The second kappa shape index (κ2) is 6.84. The maximum absolute atomic E-state index is 12.0. The molecule has 0 unspecified atom stereocenters. The van der Waals surface area contributed by atoms with Crippen molar-refractivity contribution in [3.05, 3.63) is 46.3 Å². The summed E-state index contributed by atoms with van der Waals surface area (Å²) in [5.41, 5.74) is 2.51. The van der Waals surface area contributed by atoms with Crippen molar-refractivity contribution in [2.75, 3.05) is 5.32 Å². The molecule has 0 saturated heterocycles. The Bertz CT molecular complexity index is 951. The minimum Gasteiger partial charge on any atom is -0.408 e. The largest absolute Gasteiger partial charge is 0.419 e. The average Bonchev–Trinajstić information content (AvgIpc) is 3.10. The van der Waals surface area contributed by atoms with Gasteiger partial charge in [0.25, 0.3) is 0 Å². The first-order valence-corrected chi connectivity index (χ1v) is 8.01. The molecule has 0 aliphatic rings. The van der Waals surface area contributed by atoms with Crippen LogP contribution in [0.25, 0.3) is 11.1 Å². The van der Waals surface area contributed by atoms with E-state index in [0.29, 0.717) is 28.5 Å². The fourth-order valence-corrected chi connectivity index (χ4v) is 2.50. The molecule has 0 fully saturated rings. The number of nitrogens with one attached hydrogen (secondary N) is 2. The molecule has 8 nitrogen and oxygen atoms in total. The van der Waals surface area contributed by atoms with E-state index < -0.39 is 5.76 Å². The molecule has 0 aliphatic heterocycles. The zero-order valence-electron chi connectivity index (χ0n) is 14.3. The van der Waals surface area contributed by atoms with Crippen molar-refractivity contribution in [1.29, 1.82) is 0 Å². The lowest BCUT2D eigenvalue weighted by Gasteiger charge is -2.06. The highest BCUT2D eigenvalue weighted by atomic mass is 16.5. The molecule has 25 heavy (non-hydrogen) atoms. The quantitative estimate of drug-likeness (QED) is 0.741. The Kier molecular flexibility index (Phi) is 4.60. The molecule has 0 bridgehead atoms. The van der Waals surface area contributed by atoms with E-state index in [4.69, 9.17) is 8.94 Å². The number of aromatic nitrogens is 2. The fourth-order valence-electron chi connectivity index (χ4n) is 2.50. The summed E-state index contributed by atoms with van der Waals surface area (Å²) in [7, 11) is 1.61. The molecule has 3 rings (SSSR count). The Hall–Kier alpha value is -3.03. The summed E-state index contributed by atoms with van der Waals surface area (Å²) in [4.78, 5) is 23.5. The summed E-state index contributed by atoms with van der Waals surface area (Å²) >= 11 is 0. The van der Waals surface area contributed by atoms with Gasteiger partial charge in [0.05, 0.1) is 17.8 Å². The predicted molar refractivity (Wildman–Crippen MR) is 92.4 cm³/mol. The molecule has 0 aliphatic carbocycles. The monoisotopic (exact) mass is 344 g/mol. The molecular weight excluding hydrogens is 324 g/mol. The number of nitrogens with zero attached hydrogens (tertiary/aromatic N) is 2. The Morgan fingerprint density at radius 3 is 2.88 bits per heavy atom. The van der Waals surface area contributed by atoms with E-state index in [-0.39, 0.29) is 12.6 Å². The number of oxazole rings is 1. The van der Waals surface area contributed by atoms with E-state index in [0.717, 1.165) is 12.1 Å². The lowest BCUT2D eigenvalue weighted by atomic mass is 10.1. The van der Waals surface area contributed by atoms with E-state index in [9.17, 15) is 9.59 Å². The number of amides is 2. The fraction of sp³-hybridized carbons (Fsp3) is 0.353. The number of hydrogen-bond acceptors (Lipinski definition) is 5. The van der Waals surface area contributed by atoms with E-state index in [1.54, 1.807) is 25.2 Å². The summed E-state index contributed by atoms with van der Waals surface area (Å²) in [5.74, 6) is 0.639. The molecule has 2 aromatic heterocycles. The molecule has 2 amide bonds. The van der Waals surface area contributed by atoms with Crippen molar-refractivity contribution >= 4 is 22.8 Å². The van der Waals surface area contributed by atoms with E-state index >= 15 is 0 Å². The van der Waals surface area contributed by atoms with Crippen LogP contribution >= 0.6 is 0 Å². The number of rotatable bonds is 5. The van der Waals surface area contributed by atoms with Crippen molar-refractivity contribution in [2.24, 2.45) is 13.0 Å². The number of urea groups is 1. The van der Waals surface area contributed by atoms with Gasteiger partial charge in [-0.25, -0.2) is 9.59 Å². The Morgan fingerprint density at radius 1 is 1.32 bits per heavy atom. The van der Waals surface area contributed by atoms with Crippen molar-refractivity contribution < 1.29 is 13.7 Å². The van der Waals surface area contributed by atoms with Crippen LogP contribution in [0.5, 0.6) is 0 Å². The number of hydrogen-bond donors (Lipinski definition) is 2. The molecule has 0 spiro atoms. The number of anilines is 1. The molecule has 0 radical (unpaired) electrons. The van der Waals surface area contributed by atoms with Crippen LogP contribution in [0, 0.1) is 5.92 Å². The number of benzene rings is 1. The summed E-state index contributed by atoms with van der Waals surface area (Å²) in [6.45, 7) is 4.45. The SMILES string of the molecule is CC(C)Cc1cc(CNC(=O)Nc2ccc3oc(=O)n(C)c3c2)on1. The van der Waals surface area contributed by atoms with Gasteiger partial charge in [0.1, 0.15) is 0 Å². The standard InChI is InChI=1S/C17H20N4O4/c1-10(2)6-12-7-13(25-20-12)9-18-16(22)19-11-4-5-15-14(8-11)21(3)17(23)24-15/h4-5,7-8,10H,6,9H2,1-3H3,(H2,18,19,22). The third kappa shape index (κ3) is 3.90. The molecule has 0 atom stereocenters. The Morgan fingerprint density at radius 2 is 2.12 bits per heavy atom. The third-order valence-electron chi connectivity index (χ3n) is 3.70. The molecule has 8 heteroatoms. The lowest BCUT2D eigenvalue weighted by molar-refractivity contribution is 0.250. The zero-order chi connectivity index (χ0) is 18.0. The number of fused-ring (bicyclic) bond motifs is 1. The van der Waals surface area contributed by atoms with Crippen LogP contribution in [-0.2, 0) is 20.0 Å². The maximum atomic E-state index is 12.0. The molecule has 2 N–H and O–H groups in total. The van der Waals surface area contributed by atoms with Crippen LogP contribution in [0.4, 0.5) is 10.5 Å². The lowest BCUT2D eigenvalue weighted by Crippen LogP contribution is -2.28. The zero-order valence-corrected chi connectivity index (χ0v) is 14.3. The van der Waals surface area contributed by atoms with Crippen LogP contribution in [0.3, 0.4) is 0 Å². The van der Waals surface area contributed by atoms with Gasteiger partial charge in [0.15, 0.2) is 11.3 Å². The smallest absolute Gasteiger partial charge is 0.408 e. The highest BCUT2D eigenvalue weighted by molar-refractivity contribution is 5.91. The summed E-state index contributed by atoms with van der Waals surface area (Å²) in [6, 6.07) is 6.44. The summed E-state index contributed by atoms with van der Waals surface area (Å²) < 4.78 is 11.6. The molecule has 2 heterocycles. The molecular formula is C17H20N4O4. The number of aryl methyl sites for hydroxylation is 1. The second-order valence-corrected chi connectivity index (χ2v) is 6.30. The van der Waals surface area contributed by atoms with Gasteiger partial charge in [-0.1, -0.05) is 19.0 Å². The van der Waals surface area contributed by atoms with Crippen LogP contribution in [0.15, 0.2) is 38.0 Å². The summed E-state index contributed by atoms with van der Waals surface area (Å²) in [6.07, 6.45) is 0.832. The van der Waals surface area contributed by atoms with Gasteiger partial charge in [-0.3, -0.25) is 4.57 Å². The first-order chi connectivity index (χ1) is 11.9. The Balaban J connectivity index is 1.60. The molecule has 132 valence electrons. The second-order valence-electron chi connectivity index (χ2n) is 6.30. The summed E-state index contributed by atoms with van der Waals surface area (Å²) in [5, 5.41) is 9.39. The van der Waals surface area contributed by atoms with Gasteiger partial charge < -0.3 is 19.6 Å². The normalized spacial score (nSPS) is 11.2. The van der Waals surface area contributed by atoms with E-state index in [2.05, 4.69) is 29.6 Å². The highest BCUT2D eigenvalue weighted by Gasteiger charge is 2.10. The van der Waals surface area contributed by atoms with E-state index in [1.165, 1.54) is 4.57 Å². The average molecular weight is 344 g/mol. The van der Waals surface area contributed by atoms with Crippen LogP contribution in [-0.4, -0.2) is 15.8 Å². The maximum Gasteiger partial charge on any atom is 0.419 e. The van der Waals surface area contributed by atoms with Crippen molar-refractivity contribution in [1.82, 2.24) is 15.0 Å². The van der Waals surface area contributed by atoms with Gasteiger partial charge in [0, 0.05) is 18.8 Å². The van der Waals surface area contributed by atoms with Gasteiger partial charge in [-0.15, -0.1) is 0 Å². The van der Waals surface area contributed by atoms with Crippen molar-refractivity contribution in [3.8, 4) is 0 Å². The van der Waals surface area contributed by atoms with Crippen LogP contribution in [0.2, 0.25) is 0 Å². The van der Waals surface area contributed by atoms with Gasteiger partial charge in [-0.2, -0.15) is 0 Å². The highest BCUT2D eigenvalue weighted by Crippen LogP contribution is 2.17. The number of carbonyl (C=O) groups is 1. The molecule has 3 aromatic rings. The minimum atomic E-state index is -0.445. The van der Waals surface area contributed by atoms with E-state index in [1.807, 2.05) is 6.07 Å². The minimum absolute atomic E-state index is 0.239. The Labute approximate surface area is 143 Å².